The Balaban J connectivity index is 2.44. The Labute approximate surface area is 91.9 Å². The normalized spacial score (nSPS) is 10.5. The Bertz CT molecular complexity index is 490. The summed E-state index contributed by atoms with van der Waals surface area (Å²) in [4.78, 5) is 7.22. The average Bonchev–Trinajstić information content (AvgIpc) is 2.70. The van der Waals surface area contributed by atoms with Crippen LogP contribution in [0.25, 0.3) is 11.5 Å². The van der Waals surface area contributed by atoms with E-state index in [0.717, 1.165) is 11.5 Å². The molecule has 0 aliphatic carbocycles. The van der Waals surface area contributed by atoms with Gasteiger partial charge in [-0.3, -0.25) is 0 Å². The van der Waals surface area contributed by atoms with Gasteiger partial charge in [0.05, 0.1) is 12.0 Å². The highest BCUT2D eigenvalue weighted by Crippen LogP contribution is 2.17. The van der Waals surface area contributed by atoms with Crippen LogP contribution in [-0.4, -0.2) is 17.1 Å². The Morgan fingerprint density at radius 1 is 1.60 bits per heavy atom. The van der Waals surface area contributed by atoms with E-state index in [0.29, 0.717) is 17.1 Å². The smallest absolute Gasteiger partial charge is 0.150 e. The number of rotatable bonds is 3. The van der Waals surface area contributed by atoms with Gasteiger partial charge in [-0.15, -0.1) is 0 Å². The fraction of sp³-hybridized carbons (Fsp3) is 0.200. The van der Waals surface area contributed by atoms with Gasteiger partial charge in [0.1, 0.15) is 22.8 Å². The largest absolute Gasteiger partial charge is 0.463 e. The molecule has 0 unspecified atom stereocenters. The Kier molecular flexibility index (Phi) is 2.94. The third kappa shape index (κ3) is 2.31. The van der Waals surface area contributed by atoms with Crippen LogP contribution in [-0.2, 0) is 11.3 Å². The highest BCUT2D eigenvalue weighted by atomic mass is 32.1. The molecule has 0 bridgehead atoms. The van der Waals surface area contributed by atoms with Crippen molar-refractivity contribution in [3.8, 4) is 11.5 Å². The van der Waals surface area contributed by atoms with E-state index in [1.165, 1.54) is 0 Å². The molecule has 0 aliphatic heterocycles. The number of methoxy groups -OCH3 is 1. The molecule has 0 fully saturated rings. The van der Waals surface area contributed by atoms with E-state index in [2.05, 4.69) is 9.97 Å². The van der Waals surface area contributed by atoms with Crippen molar-refractivity contribution in [1.29, 1.82) is 0 Å². The van der Waals surface area contributed by atoms with E-state index >= 15 is 0 Å². The summed E-state index contributed by atoms with van der Waals surface area (Å²) >= 11 is 5.05. The van der Waals surface area contributed by atoms with E-state index < -0.39 is 0 Å². The maximum atomic E-state index is 5.26. The highest BCUT2D eigenvalue weighted by molar-refractivity contribution is 7.71. The van der Waals surface area contributed by atoms with Crippen LogP contribution in [0.1, 0.15) is 5.82 Å². The molecule has 0 saturated carbocycles. The van der Waals surface area contributed by atoms with E-state index in [1.807, 2.05) is 12.1 Å². The van der Waals surface area contributed by atoms with Crippen LogP contribution >= 0.6 is 12.2 Å². The number of furan rings is 1. The molecule has 0 aromatic carbocycles. The van der Waals surface area contributed by atoms with Crippen molar-refractivity contribution in [3.05, 3.63) is 34.9 Å². The maximum Gasteiger partial charge on any atom is 0.150 e. The molecule has 2 heterocycles. The van der Waals surface area contributed by atoms with E-state index in [9.17, 15) is 0 Å². The fourth-order valence-corrected chi connectivity index (χ4v) is 1.51. The maximum absolute atomic E-state index is 5.26. The number of nitrogens with zero attached hydrogens (tertiary/aromatic N) is 1. The lowest BCUT2D eigenvalue weighted by atomic mass is 10.3. The quantitative estimate of drug-likeness (QED) is 0.811. The summed E-state index contributed by atoms with van der Waals surface area (Å²) in [6, 6.07) is 5.44. The first-order valence-electron chi connectivity index (χ1n) is 4.42. The van der Waals surface area contributed by atoms with Crippen LogP contribution in [0.3, 0.4) is 0 Å². The first-order chi connectivity index (χ1) is 7.29. The topological polar surface area (TPSA) is 51.1 Å². The third-order valence-electron chi connectivity index (χ3n) is 1.86. The number of H-pyrrole nitrogens is 1. The molecule has 5 heteroatoms. The second-order valence-corrected chi connectivity index (χ2v) is 3.41. The molecule has 0 saturated heterocycles. The summed E-state index contributed by atoms with van der Waals surface area (Å²) in [5.74, 6) is 1.43. The number of nitrogens with one attached hydrogen (secondary N) is 1. The van der Waals surface area contributed by atoms with Crippen LogP contribution in [0.5, 0.6) is 0 Å². The Morgan fingerprint density at radius 2 is 2.47 bits per heavy atom. The molecule has 4 nitrogen and oxygen atoms in total. The van der Waals surface area contributed by atoms with Crippen molar-refractivity contribution in [2.75, 3.05) is 7.11 Å². The zero-order valence-corrected chi connectivity index (χ0v) is 9.00. The Hall–Kier alpha value is -1.46. The molecule has 78 valence electrons. The number of hydrogen-bond donors (Lipinski definition) is 1. The molecule has 1 N–H and O–H groups in total. The predicted molar refractivity (Wildman–Crippen MR) is 57.8 cm³/mol. The van der Waals surface area contributed by atoms with Crippen LogP contribution in [0.4, 0.5) is 0 Å². The van der Waals surface area contributed by atoms with Gasteiger partial charge in [-0.05, 0) is 12.1 Å². The van der Waals surface area contributed by atoms with Gasteiger partial charge in [0.2, 0.25) is 0 Å². The van der Waals surface area contributed by atoms with Crippen molar-refractivity contribution in [2.45, 2.75) is 6.61 Å². The predicted octanol–water partition coefficient (Wildman–Crippen LogP) is 2.55. The van der Waals surface area contributed by atoms with Gasteiger partial charge in [0, 0.05) is 13.2 Å². The van der Waals surface area contributed by atoms with Crippen molar-refractivity contribution in [2.24, 2.45) is 0 Å². The monoisotopic (exact) mass is 222 g/mol. The van der Waals surface area contributed by atoms with Gasteiger partial charge in [-0.2, -0.15) is 0 Å². The van der Waals surface area contributed by atoms with Crippen molar-refractivity contribution < 1.29 is 9.15 Å². The van der Waals surface area contributed by atoms with E-state index in [4.69, 9.17) is 21.4 Å². The van der Waals surface area contributed by atoms with Gasteiger partial charge < -0.3 is 14.1 Å². The summed E-state index contributed by atoms with van der Waals surface area (Å²) < 4.78 is 10.8. The Morgan fingerprint density at radius 3 is 3.13 bits per heavy atom. The van der Waals surface area contributed by atoms with E-state index in [1.54, 1.807) is 19.4 Å². The van der Waals surface area contributed by atoms with E-state index in [-0.39, 0.29) is 0 Å². The summed E-state index contributed by atoms with van der Waals surface area (Å²) in [5.41, 5.74) is 0.812. The number of ether oxygens (including phenoxy) is 1. The molecule has 2 aromatic rings. The lowest BCUT2D eigenvalue weighted by Crippen LogP contribution is -1.98. The zero-order chi connectivity index (χ0) is 10.7. The molecular formula is C10H10N2O2S. The molecule has 0 atom stereocenters. The number of aromatic nitrogens is 2. The fourth-order valence-electron chi connectivity index (χ4n) is 1.28. The van der Waals surface area contributed by atoms with Gasteiger partial charge in [-0.1, -0.05) is 12.2 Å². The molecule has 2 rings (SSSR count). The summed E-state index contributed by atoms with van der Waals surface area (Å²) in [6.07, 6.45) is 1.61. The second kappa shape index (κ2) is 4.37. The number of aromatic amines is 1. The van der Waals surface area contributed by atoms with Crippen molar-refractivity contribution in [3.63, 3.8) is 0 Å². The highest BCUT2D eigenvalue weighted by Gasteiger charge is 2.03. The molecule has 0 spiro atoms. The third-order valence-corrected chi connectivity index (χ3v) is 2.07. The van der Waals surface area contributed by atoms with Crippen molar-refractivity contribution >= 4 is 12.2 Å². The first-order valence-corrected chi connectivity index (χ1v) is 4.83. The van der Waals surface area contributed by atoms with Crippen LogP contribution < -0.4 is 0 Å². The van der Waals surface area contributed by atoms with Gasteiger partial charge in [0.25, 0.3) is 0 Å². The standard InChI is InChI=1S/C10H10N2O2S/c1-13-6-9-11-7(5-10(15)12-9)8-3-2-4-14-8/h2-5H,6H2,1H3,(H,11,12,15). The zero-order valence-electron chi connectivity index (χ0n) is 8.19. The molecule has 15 heavy (non-hydrogen) atoms. The second-order valence-electron chi connectivity index (χ2n) is 2.99. The lowest BCUT2D eigenvalue weighted by Gasteiger charge is -2.02. The van der Waals surface area contributed by atoms with Crippen LogP contribution in [0, 0.1) is 4.64 Å². The van der Waals surface area contributed by atoms with Crippen LogP contribution in [0.2, 0.25) is 0 Å². The summed E-state index contributed by atoms with van der Waals surface area (Å²) in [6.45, 7) is 0.401. The van der Waals surface area contributed by atoms with Gasteiger partial charge >= 0.3 is 0 Å². The summed E-state index contributed by atoms with van der Waals surface area (Å²) in [5, 5.41) is 0. The first kappa shape index (κ1) is 10.1. The average molecular weight is 222 g/mol. The molecule has 0 amide bonds. The molecule has 2 aromatic heterocycles. The minimum atomic E-state index is 0.401. The summed E-state index contributed by atoms with van der Waals surface area (Å²) in [7, 11) is 1.61. The molecule has 0 aliphatic rings. The van der Waals surface area contributed by atoms with Gasteiger partial charge in [-0.25, -0.2) is 4.98 Å². The SMILES string of the molecule is COCc1nc(=S)cc(-c2ccco2)[nH]1. The van der Waals surface area contributed by atoms with Gasteiger partial charge in [0.15, 0.2) is 0 Å². The lowest BCUT2D eigenvalue weighted by molar-refractivity contribution is 0.177. The van der Waals surface area contributed by atoms with Crippen molar-refractivity contribution in [1.82, 2.24) is 9.97 Å². The molecule has 0 radical (unpaired) electrons. The van der Waals surface area contributed by atoms with Crippen LogP contribution in [0.15, 0.2) is 28.9 Å². The minimum absolute atomic E-state index is 0.401. The number of hydrogen-bond acceptors (Lipinski definition) is 4. The molecular weight excluding hydrogens is 212 g/mol. The minimum Gasteiger partial charge on any atom is -0.463 e.